The van der Waals surface area contributed by atoms with Crippen LogP contribution < -0.4 is 9.47 Å². The van der Waals surface area contributed by atoms with Gasteiger partial charge >= 0.3 is 0 Å². The normalized spacial score (nSPS) is 11.4. The van der Waals surface area contributed by atoms with E-state index in [0.717, 1.165) is 29.9 Å². The molecule has 6 heteroatoms. The molecule has 0 aliphatic carbocycles. The van der Waals surface area contributed by atoms with Gasteiger partial charge in [-0.1, -0.05) is 82.6 Å². The second-order valence-corrected chi connectivity index (χ2v) is 9.79. The van der Waals surface area contributed by atoms with E-state index < -0.39 is 10.1 Å². The van der Waals surface area contributed by atoms with Crippen molar-refractivity contribution in [1.82, 2.24) is 0 Å². The number of ether oxygens (including phenoxy) is 2. The number of hydrogen-bond acceptors (Lipinski definition) is 4. The molecule has 2 aromatic rings. The van der Waals surface area contributed by atoms with Crippen LogP contribution in [-0.2, 0) is 10.1 Å². The van der Waals surface area contributed by atoms with Gasteiger partial charge in [0.25, 0.3) is 10.1 Å². The molecule has 32 heavy (non-hydrogen) atoms. The zero-order valence-corrected chi connectivity index (χ0v) is 20.1. The lowest BCUT2D eigenvalue weighted by molar-refractivity contribution is 0.304. The third kappa shape index (κ3) is 11.5. The Labute approximate surface area is 193 Å². The van der Waals surface area contributed by atoms with Crippen molar-refractivity contribution in [1.29, 1.82) is 0 Å². The van der Waals surface area contributed by atoms with E-state index in [9.17, 15) is 8.42 Å². The van der Waals surface area contributed by atoms with Crippen LogP contribution in [0.5, 0.6) is 11.5 Å². The molecule has 0 radical (unpaired) electrons. The van der Waals surface area contributed by atoms with Gasteiger partial charge in [0, 0.05) is 0 Å². The van der Waals surface area contributed by atoms with Gasteiger partial charge in [-0.05, 0) is 48.2 Å². The molecule has 0 aliphatic rings. The lowest BCUT2D eigenvalue weighted by atomic mass is 10.1. The first-order chi connectivity index (χ1) is 15.5. The van der Waals surface area contributed by atoms with Crippen molar-refractivity contribution in [2.75, 3.05) is 19.0 Å². The Kier molecular flexibility index (Phi) is 12.2. The Hall–Kier alpha value is -2.05. The van der Waals surface area contributed by atoms with Crippen molar-refractivity contribution < 1.29 is 22.4 Å². The van der Waals surface area contributed by atoms with Crippen LogP contribution in [0, 0.1) is 0 Å². The van der Waals surface area contributed by atoms with E-state index in [-0.39, 0.29) is 18.8 Å². The minimum Gasteiger partial charge on any atom is -0.494 e. The van der Waals surface area contributed by atoms with Crippen LogP contribution in [0.1, 0.15) is 71.1 Å². The third-order valence-corrected chi connectivity index (χ3v) is 6.16. The largest absolute Gasteiger partial charge is 0.494 e. The van der Waals surface area contributed by atoms with Crippen molar-refractivity contribution in [3.63, 3.8) is 0 Å². The smallest absolute Gasteiger partial charge is 0.264 e. The molecule has 0 aliphatic heterocycles. The van der Waals surface area contributed by atoms with Crippen LogP contribution in [0.2, 0.25) is 0 Å². The quantitative estimate of drug-likeness (QED) is 0.204. The second-order valence-electron chi connectivity index (χ2n) is 8.22. The molecular formula is C26H38O5S. The molecule has 0 unspecified atom stereocenters. The molecule has 0 aromatic heterocycles. The van der Waals surface area contributed by atoms with Gasteiger partial charge in [-0.3, -0.25) is 4.55 Å². The molecule has 0 saturated carbocycles. The highest BCUT2D eigenvalue weighted by atomic mass is 32.2. The maximum atomic E-state index is 10.7. The van der Waals surface area contributed by atoms with E-state index in [1.165, 1.54) is 51.4 Å². The molecule has 0 amide bonds. The summed E-state index contributed by atoms with van der Waals surface area (Å²) in [6.07, 6.45) is 12.0. The zero-order valence-electron chi connectivity index (χ0n) is 19.3. The summed E-state index contributed by atoms with van der Waals surface area (Å²) in [6, 6.07) is 15.8. The Balaban J connectivity index is 1.68. The molecule has 0 atom stereocenters. The highest BCUT2D eigenvalue weighted by molar-refractivity contribution is 7.85. The molecule has 0 saturated heterocycles. The molecule has 2 aromatic carbocycles. The van der Waals surface area contributed by atoms with Gasteiger partial charge in [-0.15, -0.1) is 0 Å². The maximum absolute atomic E-state index is 10.7. The van der Waals surface area contributed by atoms with Crippen molar-refractivity contribution in [3.8, 4) is 22.6 Å². The summed E-state index contributed by atoms with van der Waals surface area (Å²) in [7, 11) is -3.93. The molecule has 0 spiro atoms. The van der Waals surface area contributed by atoms with Gasteiger partial charge in [0.2, 0.25) is 0 Å². The summed E-state index contributed by atoms with van der Waals surface area (Å²) >= 11 is 0. The molecule has 2 rings (SSSR count). The fourth-order valence-electron chi connectivity index (χ4n) is 3.54. The first kappa shape index (κ1) is 26.2. The van der Waals surface area contributed by atoms with E-state index in [1.807, 2.05) is 42.5 Å². The van der Waals surface area contributed by atoms with Gasteiger partial charge in [0.15, 0.2) is 0 Å². The lowest BCUT2D eigenvalue weighted by Gasteiger charge is -2.10. The molecule has 0 bridgehead atoms. The van der Waals surface area contributed by atoms with E-state index in [0.29, 0.717) is 5.75 Å². The Morgan fingerprint density at radius 2 is 1.28 bits per heavy atom. The van der Waals surface area contributed by atoms with Gasteiger partial charge in [-0.25, -0.2) is 0 Å². The fourth-order valence-corrected chi connectivity index (χ4v) is 4.03. The summed E-state index contributed by atoms with van der Waals surface area (Å²) in [5.41, 5.74) is 2.14. The van der Waals surface area contributed by atoms with Crippen LogP contribution >= 0.6 is 0 Å². The van der Waals surface area contributed by atoms with Gasteiger partial charge in [0.05, 0.1) is 19.0 Å². The molecule has 178 valence electrons. The van der Waals surface area contributed by atoms with Gasteiger partial charge in [-0.2, -0.15) is 8.42 Å². The van der Waals surface area contributed by atoms with Crippen molar-refractivity contribution in [3.05, 3.63) is 48.5 Å². The van der Waals surface area contributed by atoms with Crippen LogP contribution in [0.3, 0.4) is 0 Å². The first-order valence-corrected chi connectivity index (χ1v) is 13.5. The van der Waals surface area contributed by atoms with Gasteiger partial charge in [0.1, 0.15) is 11.5 Å². The van der Waals surface area contributed by atoms with Crippen molar-refractivity contribution in [2.24, 2.45) is 0 Å². The molecular weight excluding hydrogens is 424 g/mol. The summed E-state index contributed by atoms with van der Waals surface area (Å²) in [4.78, 5) is 0. The standard InChI is InChI=1S/C26H38O5S/c1-2-3-4-5-6-7-8-9-10-19-31-26-14-11-13-24(22-26)23-15-17-25(18-16-23)30-20-12-21-32(27,28)29/h11,13-18,22H,2-10,12,19-21H2,1H3,(H,27,28,29). The average molecular weight is 463 g/mol. The van der Waals surface area contributed by atoms with Crippen molar-refractivity contribution in [2.45, 2.75) is 71.1 Å². The second kappa shape index (κ2) is 14.9. The van der Waals surface area contributed by atoms with Crippen LogP contribution in [-0.4, -0.2) is 31.9 Å². The first-order valence-electron chi connectivity index (χ1n) is 11.9. The third-order valence-electron chi connectivity index (χ3n) is 5.35. The summed E-state index contributed by atoms with van der Waals surface area (Å²) in [5, 5.41) is 0. The molecule has 0 heterocycles. The predicted molar refractivity (Wildman–Crippen MR) is 131 cm³/mol. The Morgan fingerprint density at radius 3 is 1.94 bits per heavy atom. The maximum Gasteiger partial charge on any atom is 0.264 e. The van der Waals surface area contributed by atoms with Crippen molar-refractivity contribution >= 4 is 10.1 Å². The summed E-state index contributed by atoms with van der Waals surface area (Å²) < 4.78 is 41.7. The predicted octanol–water partition coefficient (Wildman–Crippen LogP) is 6.92. The number of unbranched alkanes of at least 4 members (excludes halogenated alkanes) is 8. The zero-order chi connectivity index (χ0) is 23.1. The van der Waals surface area contributed by atoms with E-state index >= 15 is 0 Å². The Bertz CT molecular complexity index is 862. The minimum atomic E-state index is -3.93. The molecule has 1 N–H and O–H groups in total. The van der Waals surface area contributed by atoms with E-state index in [2.05, 4.69) is 13.0 Å². The minimum absolute atomic E-state index is 0.237. The average Bonchev–Trinajstić information content (AvgIpc) is 2.78. The number of hydrogen-bond donors (Lipinski definition) is 1. The highest BCUT2D eigenvalue weighted by Crippen LogP contribution is 2.26. The van der Waals surface area contributed by atoms with E-state index in [1.54, 1.807) is 0 Å². The lowest BCUT2D eigenvalue weighted by Crippen LogP contribution is -2.08. The number of rotatable bonds is 17. The fraction of sp³-hybridized carbons (Fsp3) is 0.538. The Morgan fingerprint density at radius 1 is 0.688 bits per heavy atom. The summed E-state index contributed by atoms with van der Waals surface area (Å²) in [6.45, 7) is 3.24. The van der Waals surface area contributed by atoms with E-state index in [4.69, 9.17) is 14.0 Å². The van der Waals surface area contributed by atoms with Crippen LogP contribution in [0.25, 0.3) is 11.1 Å². The molecule has 5 nitrogen and oxygen atoms in total. The van der Waals surface area contributed by atoms with Crippen LogP contribution in [0.15, 0.2) is 48.5 Å². The highest BCUT2D eigenvalue weighted by Gasteiger charge is 2.05. The SMILES string of the molecule is CCCCCCCCCCCOc1cccc(-c2ccc(OCCCS(=O)(=O)O)cc2)c1. The van der Waals surface area contributed by atoms with Crippen LogP contribution in [0.4, 0.5) is 0 Å². The molecule has 0 fully saturated rings. The monoisotopic (exact) mass is 462 g/mol. The topological polar surface area (TPSA) is 72.8 Å². The number of benzene rings is 2. The summed E-state index contributed by atoms with van der Waals surface area (Å²) in [5.74, 6) is 1.26. The van der Waals surface area contributed by atoms with Gasteiger partial charge < -0.3 is 9.47 Å².